The third-order valence-electron chi connectivity index (χ3n) is 2.40. The lowest BCUT2D eigenvalue weighted by atomic mass is 9.92. The van der Waals surface area contributed by atoms with Crippen LogP contribution >= 0.6 is 0 Å². The van der Waals surface area contributed by atoms with Crippen molar-refractivity contribution in [2.75, 3.05) is 5.73 Å². The highest BCUT2D eigenvalue weighted by Gasteiger charge is 2.17. The zero-order chi connectivity index (χ0) is 13.3. The summed E-state index contributed by atoms with van der Waals surface area (Å²) in [5.74, 6) is 0.550. The molecule has 0 bridgehead atoms. The van der Waals surface area contributed by atoms with E-state index in [-0.39, 0.29) is 11.1 Å². The van der Waals surface area contributed by atoms with E-state index in [9.17, 15) is 4.39 Å². The van der Waals surface area contributed by atoms with Crippen LogP contribution in [0.15, 0.2) is 22.7 Å². The Labute approximate surface area is 105 Å². The third kappa shape index (κ3) is 2.85. The van der Waals surface area contributed by atoms with Gasteiger partial charge in [-0.1, -0.05) is 25.9 Å². The molecule has 1 aromatic carbocycles. The lowest BCUT2D eigenvalue weighted by molar-refractivity contribution is 0.374. The SMILES string of the molecule is CC(C)(C)Cc1noc(-c2ccc(F)c(N)c2)n1. The molecule has 4 nitrogen and oxygen atoms in total. The fourth-order valence-electron chi connectivity index (χ4n) is 1.59. The van der Waals surface area contributed by atoms with Crippen molar-refractivity contribution in [3.63, 3.8) is 0 Å². The summed E-state index contributed by atoms with van der Waals surface area (Å²) in [6.07, 6.45) is 0.715. The lowest BCUT2D eigenvalue weighted by Gasteiger charge is -2.14. The number of hydrogen-bond donors (Lipinski definition) is 1. The first-order valence-electron chi connectivity index (χ1n) is 5.73. The van der Waals surface area contributed by atoms with Gasteiger partial charge in [0.2, 0.25) is 0 Å². The van der Waals surface area contributed by atoms with Gasteiger partial charge in [-0.05, 0) is 23.6 Å². The number of rotatable bonds is 2. The second kappa shape index (κ2) is 4.40. The molecule has 0 aliphatic carbocycles. The molecule has 0 aliphatic rings. The Morgan fingerprint density at radius 3 is 2.67 bits per heavy atom. The van der Waals surface area contributed by atoms with Crippen molar-refractivity contribution < 1.29 is 8.91 Å². The number of aromatic nitrogens is 2. The van der Waals surface area contributed by atoms with Gasteiger partial charge in [0.15, 0.2) is 5.82 Å². The number of nitrogen functional groups attached to an aromatic ring is 1. The van der Waals surface area contributed by atoms with Crippen molar-refractivity contribution in [3.8, 4) is 11.5 Å². The van der Waals surface area contributed by atoms with E-state index < -0.39 is 5.82 Å². The molecule has 2 aromatic rings. The first-order valence-corrected chi connectivity index (χ1v) is 5.73. The first kappa shape index (κ1) is 12.5. The van der Waals surface area contributed by atoms with Crippen LogP contribution in [0.2, 0.25) is 0 Å². The molecule has 0 fully saturated rings. The van der Waals surface area contributed by atoms with Crippen LogP contribution in [0.25, 0.3) is 11.5 Å². The van der Waals surface area contributed by atoms with E-state index in [4.69, 9.17) is 10.3 Å². The Balaban J connectivity index is 2.26. The molecule has 0 amide bonds. The van der Waals surface area contributed by atoms with Gasteiger partial charge in [0.05, 0.1) is 5.69 Å². The van der Waals surface area contributed by atoms with Crippen LogP contribution in [-0.4, -0.2) is 10.1 Å². The van der Waals surface area contributed by atoms with Crippen molar-refractivity contribution in [2.45, 2.75) is 27.2 Å². The van der Waals surface area contributed by atoms with Gasteiger partial charge in [0.25, 0.3) is 5.89 Å². The van der Waals surface area contributed by atoms with Crippen LogP contribution in [0.3, 0.4) is 0 Å². The summed E-state index contributed by atoms with van der Waals surface area (Å²) >= 11 is 0. The molecular weight excluding hydrogens is 233 g/mol. The van der Waals surface area contributed by atoms with Gasteiger partial charge in [-0.2, -0.15) is 4.98 Å². The van der Waals surface area contributed by atoms with Crippen molar-refractivity contribution in [3.05, 3.63) is 29.8 Å². The molecule has 5 heteroatoms. The van der Waals surface area contributed by atoms with Gasteiger partial charge in [0, 0.05) is 12.0 Å². The maximum atomic E-state index is 13.1. The smallest absolute Gasteiger partial charge is 0.257 e. The maximum Gasteiger partial charge on any atom is 0.257 e. The molecule has 2 rings (SSSR count). The van der Waals surface area contributed by atoms with E-state index in [2.05, 4.69) is 30.9 Å². The number of nitrogens with two attached hydrogens (primary N) is 1. The number of nitrogens with zero attached hydrogens (tertiary/aromatic N) is 2. The van der Waals surface area contributed by atoms with Crippen LogP contribution in [0.5, 0.6) is 0 Å². The van der Waals surface area contributed by atoms with Crippen LogP contribution in [0.4, 0.5) is 10.1 Å². The molecule has 18 heavy (non-hydrogen) atoms. The third-order valence-corrected chi connectivity index (χ3v) is 2.40. The van der Waals surface area contributed by atoms with E-state index in [0.29, 0.717) is 23.7 Å². The second-order valence-corrected chi connectivity index (χ2v) is 5.49. The Morgan fingerprint density at radius 1 is 1.33 bits per heavy atom. The highest BCUT2D eigenvalue weighted by atomic mass is 19.1. The summed E-state index contributed by atoms with van der Waals surface area (Å²) in [6, 6.07) is 4.35. The van der Waals surface area contributed by atoms with Crippen LogP contribution in [0.1, 0.15) is 26.6 Å². The fourth-order valence-corrected chi connectivity index (χ4v) is 1.59. The van der Waals surface area contributed by atoms with E-state index >= 15 is 0 Å². The first-order chi connectivity index (χ1) is 8.35. The normalized spacial score (nSPS) is 11.8. The van der Waals surface area contributed by atoms with Crippen LogP contribution in [-0.2, 0) is 6.42 Å². The van der Waals surface area contributed by atoms with Crippen molar-refractivity contribution in [2.24, 2.45) is 5.41 Å². The molecule has 1 aromatic heterocycles. The molecule has 0 unspecified atom stereocenters. The van der Waals surface area contributed by atoms with E-state index in [0.717, 1.165) is 0 Å². The molecule has 0 saturated heterocycles. The van der Waals surface area contributed by atoms with Gasteiger partial charge < -0.3 is 10.3 Å². The van der Waals surface area contributed by atoms with Crippen molar-refractivity contribution in [1.82, 2.24) is 10.1 Å². The van der Waals surface area contributed by atoms with Crippen LogP contribution in [0, 0.1) is 11.2 Å². The Hall–Kier alpha value is -1.91. The highest BCUT2D eigenvalue weighted by Crippen LogP contribution is 2.24. The highest BCUT2D eigenvalue weighted by molar-refractivity contribution is 5.60. The molecule has 0 aliphatic heterocycles. The minimum absolute atomic E-state index is 0.0723. The Morgan fingerprint density at radius 2 is 2.06 bits per heavy atom. The molecule has 2 N–H and O–H groups in total. The van der Waals surface area contributed by atoms with Gasteiger partial charge in [0.1, 0.15) is 5.82 Å². The average Bonchev–Trinajstić information content (AvgIpc) is 2.68. The van der Waals surface area contributed by atoms with Crippen LogP contribution < -0.4 is 5.73 Å². The zero-order valence-corrected chi connectivity index (χ0v) is 10.7. The van der Waals surface area contributed by atoms with Crippen molar-refractivity contribution in [1.29, 1.82) is 0 Å². The summed E-state index contributed by atoms with van der Waals surface area (Å²) in [4.78, 5) is 4.28. The van der Waals surface area contributed by atoms with Gasteiger partial charge >= 0.3 is 0 Å². The van der Waals surface area contributed by atoms with Crippen molar-refractivity contribution >= 4 is 5.69 Å². The quantitative estimate of drug-likeness (QED) is 0.831. The largest absolute Gasteiger partial charge is 0.396 e. The topological polar surface area (TPSA) is 64.9 Å². The zero-order valence-electron chi connectivity index (χ0n) is 10.7. The Bertz CT molecular complexity index is 558. The molecule has 0 atom stereocenters. The average molecular weight is 249 g/mol. The standard InChI is InChI=1S/C13H16FN3O/c1-13(2,3)7-11-16-12(18-17-11)8-4-5-9(14)10(15)6-8/h4-6H,7,15H2,1-3H3. The summed E-state index contributed by atoms with van der Waals surface area (Å²) in [5, 5.41) is 3.91. The second-order valence-electron chi connectivity index (χ2n) is 5.49. The number of hydrogen-bond acceptors (Lipinski definition) is 4. The number of anilines is 1. The molecule has 1 heterocycles. The predicted molar refractivity (Wildman–Crippen MR) is 67.3 cm³/mol. The molecule has 96 valence electrons. The van der Waals surface area contributed by atoms with Gasteiger partial charge in [-0.15, -0.1) is 0 Å². The monoisotopic (exact) mass is 249 g/mol. The molecular formula is C13H16FN3O. The molecule has 0 saturated carbocycles. The van der Waals surface area contributed by atoms with Gasteiger partial charge in [-0.3, -0.25) is 0 Å². The summed E-state index contributed by atoms with van der Waals surface area (Å²) in [5.41, 5.74) is 6.29. The van der Waals surface area contributed by atoms with E-state index in [1.165, 1.54) is 12.1 Å². The summed E-state index contributed by atoms with van der Waals surface area (Å²) in [7, 11) is 0. The Kier molecular flexibility index (Phi) is 3.07. The summed E-state index contributed by atoms with van der Waals surface area (Å²) < 4.78 is 18.2. The predicted octanol–water partition coefficient (Wildman–Crippen LogP) is 3.05. The lowest BCUT2D eigenvalue weighted by Crippen LogP contribution is -2.10. The number of benzene rings is 1. The van der Waals surface area contributed by atoms with E-state index in [1.807, 2.05) is 0 Å². The van der Waals surface area contributed by atoms with Gasteiger partial charge in [-0.25, -0.2) is 4.39 Å². The molecule has 0 spiro atoms. The number of halogens is 1. The minimum Gasteiger partial charge on any atom is -0.396 e. The van der Waals surface area contributed by atoms with E-state index in [1.54, 1.807) is 6.07 Å². The fraction of sp³-hybridized carbons (Fsp3) is 0.385. The maximum absolute atomic E-state index is 13.1. The summed E-state index contributed by atoms with van der Waals surface area (Å²) in [6.45, 7) is 6.29. The minimum atomic E-state index is -0.451. The molecule has 0 radical (unpaired) electrons.